The van der Waals surface area contributed by atoms with Crippen molar-refractivity contribution < 1.29 is 22.5 Å². The van der Waals surface area contributed by atoms with Gasteiger partial charge in [-0.3, -0.25) is 8.98 Å². The quantitative estimate of drug-likeness (QED) is 0.374. The maximum atomic E-state index is 10.9. The second-order valence-electron chi connectivity index (χ2n) is 5.83. The molecule has 1 heterocycles. The number of carboxylic acids is 1. The Labute approximate surface area is 141 Å². The van der Waals surface area contributed by atoms with Crippen LogP contribution >= 0.6 is 22.6 Å². The third kappa shape index (κ3) is 3.89. The van der Waals surface area contributed by atoms with Crippen LogP contribution in [0.1, 0.15) is 47.5 Å². The van der Waals surface area contributed by atoms with Crippen LogP contribution in [0.25, 0.3) is 0 Å². The fourth-order valence-corrected chi connectivity index (χ4v) is 5.28. The van der Waals surface area contributed by atoms with Gasteiger partial charge in [0.2, 0.25) is 0 Å². The summed E-state index contributed by atoms with van der Waals surface area (Å²) in [7, 11) is -3.14. The summed E-state index contributed by atoms with van der Waals surface area (Å²) in [5.74, 6) is -0.641. The molecule has 0 aromatic carbocycles. The number of carbonyl (C=O) groups is 1. The van der Waals surface area contributed by atoms with E-state index in [4.69, 9.17) is 15.0 Å². The van der Waals surface area contributed by atoms with Crippen molar-refractivity contribution in [1.29, 1.82) is 0 Å². The van der Waals surface area contributed by atoms with E-state index in [2.05, 4.69) is 22.6 Å². The highest BCUT2D eigenvalue weighted by Crippen LogP contribution is 2.49. The molecule has 2 saturated carbocycles. The summed E-state index contributed by atoms with van der Waals surface area (Å²) in [6, 6.07) is 0. The molecule has 21 heavy (non-hydrogen) atoms. The van der Waals surface area contributed by atoms with Gasteiger partial charge in [0.25, 0.3) is 10.1 Å². The van der Waals surface area contributed by atoms with Gasteiger partial charge in [-0.15, -0.1) is 0 Å². The molecule has 3 aliphatic rings. The zero-order chi connectivity index (χ0) is 14.5. The fourth-order valence-electron chi connectivity index (χ4n) is 2.50. The lowest BCUT2D eigenvalue weighted by Gasteiger charge is -2.39. The molecule has 8 heteroatoms. The molecule has 1 saturated heterocycles. The average molecular weight is 431 g/mol. The van der Waals surface area contributed by atoms with Crippen molar-refractivity contribution in [2.45, 2.75) is 63.0 Å². The van der Waals surface area contributed by atoms with E-state index in [1.54, 1.807) is 0 Å². The van der Waals surface area contributed by atoms with E-state index in [1.807, 2.05) is 6.92 Å². The number of fused-ring (bicyclic) bond motifs is 1. The highest BCUT2D eigenvalue weighted by atomic mass is 123. The molecular formula is C13H26INO5S. The van der Waals surface area contributed by atoms with Gasteiger partial charge in [0, 0.05) is 9.34 Å². The predicted octanol–water partition coefficient (Wildman–Crippen LogP) is 2.15. The highest BCUT2D eigenvalue weighted by Gasteiger charge is 2.54. The van der Waals surface area contributed by atoms with Gasteiger partial charge in [0.05, 0.1) is 11.9 Å². The second-order valence-corrected chi connectivity index (χ2v) is 8.93. The number of nitrogens with two attached hydrogens (primary N) is 1. The Morgan fingerprint density at radius 2 is 1.90 bits per heavy atom. The van der Waals surface area contributed by atoms with Gasteiger partial charge < -0.3 is 10.8 Å². The first kappa shape index (κ1) is 21.1. The largest absolute Gasteiger partial charge is 0.480 e. The molecule has 0 bridgehead atoms. The van der Waals surface area contributed by atoms with Gasteiger partial charge in [-0.2, -0.15) is 8.42 Å². The zero-order valence-corrected chi connectivity index (χ0v) is 13.6. The van der Waals surface area contributed by atoms with Crippen molar-refractivity contribution in [3.05, 3.63) is 0 Å². The van der Waals surface area contributed by atoms with Crippen LogP contribution in [0.2, 0.25) is 0 Å². The first-order chi connectivity index (χ1) is 8.59. The molecule has 3 N–H and O–H groups in total. The number of alkyl halides is 1. The van der Waals surface area contributed by atoms with E-state index in [9.17, 15) is 13.2 Å². The van der Waals surface area contributed by atoms with Crippen molar-refractivity contribution in [2.75, 3.05) is 5.75 Å². The Bertz CT molecular complexity index is 497. The normalized spacial score (nSPS) is 41.7. The summed E-state index contributed by atoms with van der Waals surface area (Å²) in [5, 5.41) is 8.53. The Hall–Kier alpha value is 0.0700. The molecule has 2 aliphatic carbocycles. The molecule has 1 aliphatic heterocycles. The number of carboxylic acid groups (broad SMARTS) is 1. The third-order valence-electron chi connectivity index (χ3n) is 4.29. The molecule has 3 rings (SSSR count). The van der Waals surface area contributed by atoms with E-state index in [-0.39, 0.29) is 36.0 Å². The van der Waals surface area contributed by atoms with Gasteiger partial charge in [-0.25, -0.2) is 0 Å². The lowest BCUT2D eigenvalue weighted by Crippen LogP contribution is -2.61. The number of hydrogen-bond acceptors (Lipinski definition) is 5. The lowest BCUT2D eigenvalue weighted by atomic mass is 9.69. The monoisotopic (exact) mass is 431 g/mol. The first-order valence-corrected chi connectivity index (χ1v) is 8.99. The molecule has 0 aromatic rings. The zero-order valence-electron chi connectivity index (χ0n) is 10.6. The summed E-state index contributed by atoms with van der Waals surface area (Å²) in [6.07, 6.45) is 3.46. The molecular weight excluding hydrogens is 405 g/mol. The molecule has 4 atom stereocenters. The number of rotatable bonds is 1. The minimum absolute atomic E-state index is 0. The minimum atomic E-state index is -3.14. The van der Waals surface area contributed by atoms with Crippen LogP contribution in [-0.2, 0) is 19.1 Å². The van der Waals surface area contributed by atoms with Crippen molar-refractivity contribution >= 4 is 38.7 Å². The minimum Gasteiger partial charge on any atom is -0.480 e. The molecule has 0 spiro atoms. The van der Waals surface area contributed by atoms with Crippen LogP contribution in [0.15, 0.2) is 0 Å². The molecule has 0 aromatic heterocycles. The molecule has 0 radical (unpaired) electrons. The van der Waals surface area contributed by atoms with E-state index in [0.29, 0.717) is 6.42 Å². The van der Waals surface area contributed by atoms with E-state index in [0.717, 1.165) is 19.3 Å². The number of hydrogen-bond donors (Lipinski definition) is 2. The SMILES string of the molecule is C.C.C[C@]12CCC1OS(=O)(=O)C2.N[C@@]1(C(=O)O)CCC1[123I]. The summed E-state index contributed by atoms with van der Waals surface area (Å²) in [5.41, 5.74) is 4.52. The maximum Gasteiger partial charge on any atom is 0.324 e. The highest BCUT2D eigenvalue weighted by molar-refractivity contribution is 14.1. The Morgan fingerprint density at radius 1 is 1.33 bits per heavy atom. The molecule has 126 valence electrons. The van der Waals surface area contributed by atoms with Crippen molar-refractivity contribution in [1.82, 2.24) is 0 Å². The molecule has 3 fully saturated rings. The van der Waals surface area contributed by atoms with Crippen LogP contribution < -0.4 is 5.73 Å². The van der Waals surface area contributed by atoms with Crippen LogP contribution in [0.3, 0.4) is 0 Å². The topological polar surface area (TPSA) is 107 Å². The predicted molar refractivity (Wildman–Crippen MR) is 91.1 cm³/mol. The Balaban J connectivity index is 0.000000350. The molecule has 0 amide bonds. The Morgan fingerprint density at radius 3 is 2.00 bits per heavy atom. The number of halogens is 1. The number of aliphatic carboxylic acids is 1. The van der Waals surface area contributed by atoms with Gasteiger partial charge in [-0.1, -0.05) is 44.4 Å². The standard InChI is InChI=1S/C6H10O3S.C5H8INO2.2CH4/c1-6-3-2-5(6)9-10(7,8)4-6;6-3-1-2-5(3,7)4(8)9;;/h5H,2-4H2,1H3;3H,1-2,7H2,(H,8,9);2*1H4/t5?,6-;3?,5-;;/m10../s1/i;6-4;;. The van der Waals surface area contributed by atoms with E-state index in [1.165, 1.54) is 0 Å². The summed E-state index contributed by atoms with van der Waals surface area (Å²) < 4.78 is 26.7. The second kappa shape index (κ2) is 6.67. The summed E-state index contributed by atoms with van der Waals surface area (Å²) >= 11 is 2.08. The first-order valence-electron chi connectivity index (χ1n) is 6.16. The maximum absolute atomic E-state index is 10.9. The van der Waals surface area contributed by atoms with Crippen LogP contribution in [0.5, 0.6) is 0 Å². The third-order valence-corrected chi connectivity index (χ3v) is 7.57. The van der Waals surface area contributed by atoms with Crippen LogP contribution in [0.4, 0.5) is 0 Å². The molecule has 2 unspecified atom stereocenters. The van der Waals surface area contributed by atoms with Gasteiger partial charge in [0.15, 0.2) is 0 Å². The van der Waals surface area contributed by atoms with Crippen LogP contribution in [0, 0.1) is 5.41 Å². The lowest BCUT2D eigenvalue weighted by molar-refractivity contribution is -0.145. The smallest absolute Gasteiger partial charge is 0.324 e. The van der Waals surface area contributed by atoms with Crippen molar-refractivity contribution in [3.8, 4) is 0 Å². The fraction of sp³-hybridized carbons (Fsp3) is 0.923. The Kier molecular flexibility index (Phi) is 6.70. The van der Waals surface area contributed by atoms with Gasteiger partial charge >= 0.3 is 5.97 Å². The molecule has 6 nitrogen and oxygen atoms in total. The summed E-state index contributed by atoms with van der Waals surface area (Å²) in [4.78, 5) is 10.4. The van der Waals surface area contributed by atoms with E-state index < -0.39 is 21.6 Å². The summed E-state index contributed by atoms with van der Waals surface area (Å²) in [6.45, 7) is 1.98. The van der Waals surface area contributed by atoms with Crippen molar-refractivity contribution in [3.63, 3.8) is 0 Å². The average Bonchev–Trinajstić information content (AvgIpc) is 2.46. The van der Waals surface area contributed by atoms with E-state index >= 15 is 0 Å². The van der Waals surface area contributed by atoms with Gasteiger partial charge in [-0.05, 0) is 25.7 Å². The van der Waals surface area contributed by atoms with Crippen molar-refractivity contribution in [2.24, 2.45) is 11.1 Å². The van der Waals surface area contributed by atoms with Gasteiger partial charge in [0.1, 0.15) is 5.54 Å². The van der Waals surface area contributed by atoms with Crippen LogP contribution in [-0.4, -0.2) is 40.8 Å².